The van der Waals surface area contributed by atoms with Crippen molar-refractivity contribution in [1.29, 1.82) is 0 Å². The maximum atomic E-state index is 13.0. The third-order valence-corrected chi connectivity index (χ3v) is 6.17. The number of ether oxygens (including phenoxy) is 2. The molecule has 2 bridgehead atoms. The summed E-state index contributed by atoms with van der Waals surface area (Å²) in [6, 6.07) is 6.53. The van der Waals surface area contributed by atoms with Gasteiger partial charge in [0.05, 0.1) is 38.7 Å². The lowest BCUT2D eigenvalue weighted by atomic mass is 10.0. The number of fused-ring (bicyclic) bond motifs is 2. The largest absolute Gasteiger partial charge is 0.497 e. The van der Waals surface area contributed by atoms with Gasteiger partial charge in [0.2, 0.25) is 5.91 Å². The van der Waals surface area contributed by atoms with Gasteiger partial charge < -0.3 is 29.7 Å². The van der Waals surface area contributed by atoms with Crippen molar-refractivity contribution in [2.75, 3.05) is 39.2 Å². The Labute approximate surface area is 206 Å². The Kier molecular flexibility index (Phi) is 9.44. The van der Waals surface area contributed by atoms with E-state index in [4.69, 9.17) is 9.47 Å². The molecular formula is C24H36N6O5. The second-order valence-corrected chi connectivity index (χ2v) is 9.02. The summed E-state index contributed by atoms with van der Waals surface area (Å²) in [7, 11) is 3.27. The van der Waals surface area contributed by atoms with E-state index in [1.165, 1.54) is 0 Å². The number of nitrogens with one attached hydrogen (secondary N) is 1. The lowest BCUT2D eigenvalue weighted by molar-refractivity contribution is -0.136. The fourth-order valence-electron chi connectivity index (χ4n) is 3.97. The Morgan fingerprint density at radius 1 is 1.43 bits per heavy atom. The standard InChI is InChI=1S/C24H36N6O5/c1-17-12-30(18(2)15-31)23(32)9-6-10-29-13-20(26-27-29)16-35-22(17)14-28(3)24(33)25-19-7-5-8-21(11-19)34-4/h5,7-8,11,13,17-18,22,31H,6,9-10,12,14-16H2,1-4H3,(H,25,33)/t17-,18+,22-/m0/s1. The van der Waals surface area contributed by atoms with E-state index < -0.39 is 0 Å². The van der Waals surface area contributed by atoms with Gasteiger partial charge in [0.15, 0.2) is 0 Å². The van der Waals surface area contributed by atoms with Gasteiger partial charge in [0.1, 0.15) is 11.4 Å². The summed E-state index contributed by atoms with van der Waals surface area (Å²) in [6.07, 6.45) is 2.41. The molecule has 0 fully saturated rings. The topological polar surface area (TPSA) is 122 Å². The van der Waals surface area contributed by atoms with Crippen LogP contribution in [0.3, 0.4) is 0 Å². The fourth-order valence-corrected chi connectivity index (χ4v) is 3.97. The highest BCUT2D eigenvalue weighted by Crippen LogP contribution is 2.19. The minimum Gasteiger partial charge on any atom is -0.497 e. The quantitative estimate of drug-likeness (QED) is 0.637. The molecular weight excluding hydrogens is 452 g/mol. The molecule has 0 radical (unpaired) electrons. The van der Waals surface area contributed by atoms with Gasteiger partial charge in [-0.3, -0.25) is 9.48 Å². The summed E-state index contributed by atoms with van der Waals surface area (Å²) in [5, 5.41) is 20.9. The van der Waals surface area contributed by atoms with Crippen LogP contribution in [0.15, 0.2) is 30.5 Å². The molecule has 35 heavy (non-hydrogen) atoms. The Bertz CT molecular complexity index is 983. The highest BCUT2D eigenvalue weighted by Gasteiger charge is 2.28. The second kappa shape index (κ2) is 12.5. The van der Waals surface area contributed by atoms with E-state index in [1.54, 1.807) is 52.9 Å². The van der Waals surface area contributed by atoms with Crippen LogP contribution in [-0.4, -0.2) is 87.8 Å². The summed E-state index contributed by atoms with van der Waals surface area (Å²) in [5.74, 6) is 0.505. The summed E-state index contributed by atoms with van der Waals surface area (Å²) in [6.45, 7) is 5.20. The van der Waals surface area contributed by atoms with Crippen molar-refractivity contribution in [3.05, 3.63) is 36.2 Å². The number of rotatable bonds is 6. The summed E-state index contributed by atoms with van der Waals surface area (Å²) < 4.78 is 13.1. The van der Waals surface area contributed by atoms with E-state index in [1.807, 2.05) is 20.0 Å². The van der Waals surface area contributed by atoms with Crippen LogP contribution in [0.1, 0.15) is 32.4 Å². The number of aromatic nitrogens is 3. The molecule has 2 aromatic rings. The monoisotopic (exact) mass is 488 g/mol. The molecule has 0 saturated carbocycles. The van der Waals surface area contributed by atoms with Crippen molar-refractivity contribution >= 4 is 17.6 Å². The predicted octanol–water partition coefficient (Wildman–Crippen LogP) is 1.98. The highest BCUT2D eigenvalue weighted by atomic mass is 16.5. The number of benzene rings is 1. The van der Waals surface area contributed by atoms with Gasteiger partial charge in [-0.1, -0.05) is 18.2 Å². The summed E-state index contributed by atoms with van der Waals surface area (Å²) in [4.78, 5) is 29.1. The van der Waals surface area contributed by atoms with Crippen LogP contribution in [0.25, 0.3) is 0 Å². The molecule has 0 unspecified atom stereocenters. The number of hydrogen-bond donors (Lipinski definition) is 2. The molecule has 192 valence electrons. The number of urea groups is 1. The number of nitrogens with zero attached hydrogens (tertiary/aromatic N) is 5. The smallest absolute Gasteiger partial charge is 0.321 e. The number of aliphatic hydroxyl groups excluding tert-OH is 1. The molecule has 1 aliphatic rings. The van der Waals surface area contributed by atoms with Crippen LogP contribution in [0, 0.1) is 5.92 Å². The van der Waals surface area contributed by atoms with E-state index in [0.717, 1.165) is 0 Å². The number of carbonyl (C=O) groups is 2. The lowest BCUT2D eigenvalue weighted by Crippen LogP contribution is -2.48. The van der Waals surface area contributed by atoms with Crippen LogP contribution >= 0.6 is 0 Å². The minimum atomic E-state index is -0.386. The SMILES string of the molecule is COc1cccc(NC(=O)N(C)C[C@@H]2OCc3cn(nn3)CCCC(=O)N([C@H](C)CO)C[C@@H]2C)c1. The highest BCUT2D eigenvalue weighted by molar-refractivity contribution is 5.89. The zero-order valence-corrected chi connectivity index (χ0v) is 20.9. The molecule has 11 nitrogen and oxygen atoms in total. The van der Waals surface area contributed by atoms with Gasteiger partial charge in [0, 0.05) is 50.8 Å². The van der Waals surface area contributed by atoms with Gasteiger partial charge in [-0.15, -0.1) is 5.10 Å². The molecule has 1 aliphatic heterocycles. The normalized spacial score (nSPS) is 20.3. The van der Waals surface area contributed by atoms with Gasteiger partial charge in [0.25, 0.3) is 0 Å². The average molecular weight is 489 g/mol. The number of amides is 3. The van der Waals surface area contributed by atoms with Gasteiger partial charge in [-0.05, 0) is 25.5 Å². The van der Waals surface area contributed by atoms with E-state index in [2.05, 4.69) is 15.6 Å². The number of anilines is 1. The van der Waals surface area contributed by atoms with Crippen molar-refractivity contribution < 1.29 is 24.2 Å². The van der Waals surface area contributed by atoms with Crippen LogP contribution in [-0.2, 0) is 22.7 Å². The van der Waals surface area contributed by atoms with E-state index >= 15 is 0 Å². The number of carbonyl (C=O) groups excluding carboxylic acids is 2. The third kappa shape index (κ3) is 7.40. The van der Waals surface area contributed by atoms with E-state index in [9.17, 15) is 14.7 Å². The van der Waals surface area contributed by atoms with Gasteiger partial charge >= 0.3 is 6.03 Å². The summed E-state index contributed by atoms with van der Waals surface area (Å²) >= 11 is 0. The average Bonchev–Trinajstić information content (AvgIpc) is 3.31. The van der Waals surface area contributed by atoms with E-state index in [-0.39, 0.29) is 43.2 Å². The first-order valence-electron chi connectivity index (χ1n) is 11.9. The van der Waals surface area contributed by atoms with Crippen LogP contribution in [0.4, 0.5) is 10.5 Å². The minimum absolute atomic E-state index is 0.0270. The zero-order valence-electron chi connectivity index (χ0n) is 20.9. The van der Waals surface area contributed by atoms with Gasteiger partial charge in [-0.25, -0.2) is 4.79 Å². The number of likely N-dealkylation sites (N-methyl/N-ethyl adjacent to an activating group) is 1. The first kappa shape index (κ1) is 26.4. The summed E-state index contributed by atoms with van der Waals surface area (Å²) in [5.41, 5.74) is 1.31. The number of hydrogen-bond acceptors (Lipinski definition) is 7. The van der Waals surface area contributed by atoms with E-state index in [0.29, 0.717) is 49.6 Å². The Hall–Kier alpha value is -3.18. The van der Waals surface area contributed by atoms with Crippen LogP contribution in [0.5, 0.6) is 5.75 Å². The lowest BCUT2D eigenvalue weighted by Gasteiger charge is -2.35. The van der Waals surface area contributed by atoms with Crippen LogP contribution in [0.2, 0.25) is 0 Å². The maximum Gasteiger partial charge on any atom is 0.321 e. The van der Waals surface area contributed by atoms with Crippen molar-refractivity contribution in [3.8, 4) is 5.75 Å². The molecule has 3 atom stereocenters. The molecule has 2 N–H and O–H groups in total. The van der Waals surface area contributed by atoms with Crippen molar-refractivity contribution in [2.45, 2.75) is 52.0 Å². The first-order valence-corrected chi connectivity index (χ1v) is 11.9. The van der Waals surface area contributed by atoms with Gasteiger partial charge in [-0.2, -0.15) is 0 Å². The first-order chi connectivity index (χ1) is 16.8. The molecule has 0 spiro atoms. The molecule has 3 rings (SSSR count). The molecule has 2 heterocycles. The number of aliphatic hydroxyl groups is 1. The van der Waals surface area contributed by atoms with Crippen molar-refractivity contribution in [2.24, 2.45) is 5.92 Å². The molecule has 1 aromatic heterocycles. The second-order valence-electron chi connectivity index (χ2n) is 9.02. The Morgan fingerprint density at radius 2 is 2.23 bits per heavy atom. The van der Waals surface area contributed by atoms with Crippen molar-refractivity contribution in [1.82, 2.24) is 24.8 Å². The fraction of sp³-hybridized carbons (Fsp3) is 0.583. The third-order valence-electron chi connectivity index (χ3n) is 6.17. The Balaban J connectivity index is 1.75. The van der Waals surface area contributed by atoms with Crippen LogP contribution < -0.4 is 10.1 Å². The molecule has 1 aromatic carbocycles. The Morgan fingerprint density at radius 3 is 2.97 bits per heavy atom. The molecule has 0 aliphatic carbocycles. The van der Waals surface area contributed by atoms with Crippen molar-refractivity contribution in [3.63, 3.8) is 0 Å². The predicted molar refractivity (Wildman–Crippen MR) is 130 cm³/mol. The molecule has 3 amide bonds. The number of aryl methyl sites for hydroxylation is 1. The molecule has 0 saturated heterocycles. The number of methoxy groups -OCH3 is 1. The maximum absolute atomic E-state index is 13.0. The molecule has 11 heteroatoms. The zero-order chi connectivity index (χ0) is 25.4.